The van der Waals surface area contributed by atoms with Crippen LogP contribution in [0.15, 0.2) is 0 Å². The number of hydrogen-bond donors (Lipinski definition) is 0. The second-order valence-electron chi connectivity index (χ2n) is 6.00. The van der Waals surface area contributed by atoms with Crippen LogP contribution in [0.5, 0.6) is 0 Å². The summed E-state index contributed by atoms with van der Waals surface area (Å²) < 4.78 is 0. The normalized spacial score (nSPS) is 14.4. The molecule has 0 saturated heterocycles. The van der Waals surface area contributed by atoms with Gasteiger partial charge in [0.15, 0.2) is 0 Å². The van der Waals surface area contributed by atoms with E-state index in [9.17, 15) is 0 Å². The number of hydrogen-bond acceptors (Lipinski definition) is 0. The largest absolute Gasteiger partial charge is 0.0879 e. The summed E-state index contributed by atoms with van der Waals surface area (Å²) in [6.45, 7) is 6.17. The van der Waals surface area contributed by atoms with Crippen molar-refractivity contribution in [1.29, 1.82) is 0 Å². The van der Waals surface area contributed by atoms with Crippen molar-refractivity contribution in [2.24, 2.45) is 0 Å². The molecule has 0 nitrogen and oxygen atoms in total. The summed E-state index contributed by atoms with van der Waals surface area (Å²) in [6, 6.07) is 0. The van der Waals surface area contributed by atoms with E-state index in [1.54, 1.807) is 0 Å². The van der Waals surface area contributed by atoms with Crippen molar-refractivity contribution < 1.29 is 0 Å². The Morgan fingerprint density at radius 3 is 1.50 bits per heavy atom. The molecule has 0 aliphatic heterocycles. The lowest BCUT2D eigenvalue weighted by Gasteiger charge is -2.16. The van der Waals surface area contributed by atoms with Gasteiger partial charge in [0.05, 0.1) is 0 Å². The Kier molecular flexibility index (Phi) is 17.1. The van der Waals surface area contributed by atoms with E-state index in [-0.39, 0.29) is 0 Å². The monoisotopic (exact) mass is 409 g/mol. The molecule has 0 aromatic carbocycles. The summed E-state index contributed by atoms with van der Waals surface area (Å²) in [7, 11) is 0. The van der Waals surface area contributed by atoms with Gasteiger partial charge in [-0.2, -0.15) is 0 Å². The van der Waals surface area contributed by atoms with E-state index in [1.165, 1.54) is 83.5 Å². The standard InChI is InChI=1S/C18H35Br2/c1-3-5-7-9-11-13-15-17(19)18(20)16-14-12-10-8-6-4-2/h17-18H,1,3-16H2,2H3. The average Bonchev–Trinajstić information content (AvgIpc) is 2.45. The Morgan fingerprint density at radius 1 is 0.650 bits per heavy atom. The number of halogens is 2. The first-order valence-electron chi connectivity index (χ1n) is 8.79. The Balaban J connectivity index is 3.35. The molecule has 0 N–H and O–H groups in total. The third kappa shape index (κ3) is 13.9. The molecular weight excluding hydrogens is 376 g/mol. The topological polar surface area (TPSA) is 0 Å². The van der Waals surface area contributed by atoms with Crippen LogP contribution in [0.2, 0.25) is 0 Å². The summed E-state index contributed by atoms with van der Waals surface area (Å²) in [5, 5.41) is 0. The zero-order valence-electron chi connectivity index (χ0n) is 13.5. The van der Waals surface area contributed by atoms with E-state index in [1.807, 2.05) is 0 Å². The Bertz CT molecular complexity index is 162. The molecule has 0 amide bonds. The van der Waals surface area contributed by atoms with Crippen molar-refractivity contribution in [2.75, 3.05) is 0 Å². The molecule has 121 valence electrons. The van der Waals surface area contributed by atoms with Crippen LogP contribution in [-0.2, 0) is 0 Å². The quantitative estimate of drug-likeness (QED) is 0.190. The highest BCUT2D eigenvalue weighted by Crippen LogP contribution is 2.25. The maximum Gasteiger partial charge on any atom is 0.0271 e. The number of rotatable bonds is 15. The van der Waals surface area contributed by atoms with Crippen LogP contribution in [-0.4, -0.2) is 9.65 Å². The molecule has 0 aliphatic rings. The maximum atomic E-state index is 3.89. The minimum absolute atomic E-state index is 0.658. The molecule has 0 heterocycles. The Hall–Kier alpha value is 0.960. The van der Waals surface area contributed by atoms with Crippen molar-refractivity contribution in [2.45, 2.75) is 106 Å². The molecular formula is C18H35Br2. The average molecular weight is 411 g/mol. The Labute approximate surface area is 145 Å². The van der Waals surface area contributed by atoms with E-state index in [0.717, 1.165) is 6.42 Å². The van der Waals surface area contributed by atoms with Gasteiger partial charge >= 0.3 is 0 Å². The van der Waals surface area contributed by atoms with Crippen LogP contribution < -0.4 is 0 Å². The van der Waals surface area contributed by atoms with Crippen LogP contribution in [0.25, 0.3) is 0 Å². The lowest BCUT2D eigenvalue weighted by atomic mass is 10.0. The minimum Gasteiger partial charge on any atom is -0.0879 e. The molecule has 0 aliphatic carbocycles. The molecule has 0 saturated carbocycles. The molecule has 1 radical (unpaired) electrons. The molecule has 0 spiro atoms. The molecule has 20 heavy (non-hydrogen) atoms. The van der Waals surface area contributed by atoms with Crippen LogP contribution in [0.4, 0.5) is 0 Å². The fourth-order valence-corrected chi connectivity index (χ4v) is 3.70. The van der Waals surface area contributed by atoms with Gasteiger partial charge in [-0.1, -0.05) is 123 Å². The van der Waals surface area contributed by atoms with Crippen LogP contribution in [0.3, 0.4) is 0 Å². The van der Waals surface area contributed by atoms with E-state index in [2.05, 4.69) is 45.7 Å². The SMILES string of the molecule is [CH2]CCCCCCCC(Br)C(Br)CCCCCCCC. The zero-order valence-corrected chi connectivity index (χ0v) is 16.7. The van der Waals surface area contributed by atoms with Crippen molar-refractivity contribution in [1.82, 2.24) is 0 Å². The third-order valence-electron chi connectivity index (χ3n) is 3.96. The molecule has 0 bridgehead atoms. The van der Waals surface area contributed by atoms with E-state index in [4.69, 9.17) is 0 Å². The van der Waals surface area contributed by atoms with E-state index < -0.39 is 0 Å². The van der Waals surface area contributed by atoms with Crippen molar-refractivity contribution in [3.63, 3.8) is 0 Å². The highest BCUT2D eigenvalue weighted by atomic mass is 79.9. The van der Waals surface area contributed by atoms with Gasteiger partial charge < -0.3 is 0 Å². The fourth-order valence-electron chi connectivity index (χ4n) is 2.53. The molecule has 2 atom stereocenters. The number of alkyl halides is 2. The highest BCUT2D eigenvalue weighted by molar-refractivity contribution is 9.12. The van der Waals surface area contributed by atoms with Gasteiger partial charge in [-0.15, -0.1) is 0 Å². The van der Waals surface area contributed by atoms with E-state index in [0.29, 0.717) is 9.65 Å². The summed E-state index contributed by atoms with van der Waals surface area (Å²) in [6.07, 6.45) is 18.9. The van der Waals surface area contributed by atoms with Crippen LogP contribution >= 0.6 is 31.9 Å². The molecule has 0 aromatic rings. The molecule has 0 fully saturated rings. The highest BCUT2D eigenvalue weighted by Gasteiger charge is 2.14. The van der Waals surface area contributed by atoms with Crippen molar-refractivity contribution in [3.8, 4) is 0 Å². The Morgan fingerprint density at radius 2 is 1.05 bits per heavy atom. The first-order chi connectivity index (χ1) is 9.72. The van der Waals surface area contributed by atoms with E-state index >= 15 is 0 Å². The van der Waals surface area contributed by atoms with Gasteiger partial charge in [0.2, 0.25) is 0 Å². The van der Waals surface area contributed by atoms with Gasteiger partial charge in [0.25, 0.3) is 0 Å². The molecule has 2 heteroatoms. The third-order valence-corrected chi connectivity index (χ3v) is 6.86. The lowest BCUT2D eigenvalue weighted by molar-refractivity contribution is 0.552. The summed E-state index contributed by atoms with van der Waals surface area (Å²) >= 11 is 7.73. The predicted octanol–water partition coefficient (Wildman–Crippen LogP) is 7.83. The van der Waals surface area contributed by atoms with Gasteiger partial charge in [0, 0.05) is 9.65 Å². The zero-order chi connectivity index (χ0) is 15.1. The van der Waals surface area contributed by atoms with Crippen LogP contribution in [0.1, 0.15) is 96.8 Å². The summed E-state index contributed by atoms with van der Waals surface area (Å²) in [5.41, 5.74) is 0. The smallest absolute Gasteiger partial charge is 0.0271 e. The second kappa shape index (κ2) is 16.3. The van der Waals surface area contributed by atoms with Gasteiger partial charge in [-0.25, -0.2) is 0 Å². The van der Waals surface area contributed by atoms with Crippen molar-refractivity contribution >= 4 is 31.9 Å². The summed E-state index contributed by atoms with van der Waals surface area (Å²) in [4.78, 5) is 1.32. The van der Waals surface area contributed by atoms with Crippen molar-refractivity contribution in [3.05, 3.63) is 6.92 Å². The summed E-state index contributed by atoms with van der Waals surface area (Å²) in [5.74, 6) is 0. The lowest BCUT2D eigenvalue weighted by Crippen LogP contribution is -2.13. The predicted molar refractivity (Wildman–Crippen MR) is 101 cm³/mol. The fraction of sp³-hybridized carbons (Fsp3) is 0.944. The maximum absolute atomic E-state index is 3.89. The molecule has 0 rings (SSSR count). The second-order valence-corrected chi connectivity index (χ2v) is 8.35. The first-order valence-corrected chi connectivity index (χ1v) is 10.6. The molecule has 0 aromatic heterocycles. The molecule has 2 unspecified atom stereocenters. The number of unbranched alkanes of at least 4 members (excludes halogenated alkanes) is 10. The van der Waals surface area contributed by atoms with Crippen LogP contribution in [0, 0.1) is 6.92 Å². The van der Waals surface area contributed by atoms with Gasteiger partial charge in [0.1, 0.15) is 0 Å². The van der Waals surface area contributed by atoms with Gasteiger partial charge in [-0.05, 0) is 12.8 Å². The minimum atomic E-state index is 0.658. The van der Waals surface area contributed by atoms with Gasteiger partial charge in [-0.3, -0.25) is 0 Å². The first kappa shape index (κ1) is 21.0.